The number of carbonyl (C=O) groups is 2. The lowest BCUT2D eigenvalue weighted by molar-refractivity contribution is -0.385. The van der Waals surface area contributed by atoms with Crippen LogP contribution in [0.2, 0.25) is 0 Å². The molecule has 1 saturated heterocycles. The van der Waals surface area contributed by atoms with Gasteiger partial charge in [-0.15, -0.1) is 0 Å². The zero-order valence-corrected chi connectivity index (χ0v) is 12.2. The second-order valence-electron chi connectivity index (χ2n) is 4.99. The maximum Gasteiger partial charge on any atom is 0.322 e. The molecule has 1 N–H and O–H groups in total. The fraction of sp³-hybridized carbons (Fsp3) is 0.583. The number of hydrogen-bond donors (Lipinski definition) is 1. The number of ether oxygens (including phenoxy) is 1. The topological polar surface area (TPSA) is 128 Å². The quantitative estimate of drug-likeness (QED) is 0.609. The molecule has 0 aromatic carbocycles. The van der Waals surface area contributed by atoms with Crippen molar-refractivity contribution >= 4 is 17.6 Å². The maximum atomic E-state index is 12.7. The third kappa shape index (κ3) is 2.91. The van der Waals surface area contributed by atoms with E-state index in [1.165, 1.54) is 18.9 Å². The molecule has 22 heavy (non-hydrogen) atoms. The van der Waals surface area contributed by atoms with Gasteiger partial charge in [-0.05, 0) is 6.92 Å². The average Bonchev–Trinajstić information content (AvgIpc) is 2.72. The molecule has 1 aromatic rings. The van der Waals surface area contributed by atoms with E-state index in [9.17, 15) is 19.7 Å². The standard InChI is InChI=1S/C12H16N4O6/c1-7-10(16(20)21)11(14(2)13-7)12(19)15-3-4-22-6-8(15)5-9(17)18/h8H,3-6H2,1-2H3,(H,17,18). The van der Waals surface area contributed by atoms with Crippen molar-refractivity contribution in [3.05, 3.63) is 21.5 Å². The molecule has 1 amide bonds. The SMILES string of the molecule is Cc1nn(C)c(C(=O)N2CCOCC2CC(=O)O)c1[N+](=O)[O-]. The van der Waals surface area contributed by atoms with E-state index in [1.54, 1.807) is 0 Å². The molecule has 1 atom stereocenters. The van der Waals surface area contributed by atoms with Crippen molar-refractivity contribution in [3.63, 3.8) is 0 Å². The Balaban J connectivity index is 2.37. The van der Waals surface area contributed by atoms with Crippen molar-refractivity contribution in [3.8, 4) is 0 Å². The first-order chi connectivity index (χ1) is 10.3. The number of carboxylic acids is 1. The maximum absolute atomic E-state index is 12.7. The summed E-state index contributed by atoms with van der Waals surface area (Å²) in [6.45, 7) is 1.97. The number of nitro groups is 1. The van der Waals surface area contributed by atoms with Crippen LogP contribution in [0.4, 0.5) is 5.69 Å². The fourth-order valence-electron chi connectivity index (χ4n) is 2.53. The molecule has 0 radical (unpaired) electrons. The summed E-state index contributed by atoms with van der Waals surface area (Å²) in [6.07, 6.45) is -0.281. The zero-order chi connectivity index (χ0) is 16.4. The second-order valence-corrected chi connectivity index (χ2v) is 4.99. The molecule has 1 aliphatic rings. The van der Waals surface area contributed by atoms with Crippen LogP contribution in [0.15, 0.2) is 0 Å². The Morgan fingerprint density at radius 3 is 2.82 bits per heavy atom. The minimum absolute atomic E-state index is 0.0860. The molecule has 1 aromatic heterocycles. The zero-order valence-electron chi connectivity index (χ0n) is 12.2. The highest BCUT2D eigenvalue weighted by Gasteiger charge is 2.36. The van der Waals surface area contributed by atoms with Crippen LogP contribution >= 0.6 is 0 Å². The van der Waals surface area contributed by atoms with Gasteiger partial charge in [0, 0.05) is 13.6 Å². The van der Waals surface area contributed by atoms with Gasteiger partial charge in [-0.3, -0.25) is 24.4 Å². The summed E-state index contributed by atoms with van der Waals surface area (Å²) in [4.78, 5) is 35.4. The van der Waals surface area contributed by atoms with E-state index in [-0.39, 0.29) is 43.3 Å². The number of aliphatic carboxylic acids is 1. The fourth-order valence-corrected chi connectivity index (χ4v) is 2.53. The summed E-state index contributed by atoms with van der Waals surface area (Å²) in [5.41, 5.74) is -0.369. The summed E-state index contributed by atoms with van der Waals surface area (Å²) in [5, 5.41) is 24.0. The van der Waals surface area contributed by atoms with Gasteiger partial charge in [0.15, 0.2) is 0 Å². The van der Waals surface area contributed by atoms with Gasteiger partial charge in [0.25, 0.3) is 5.91 Å². The van der Waals surface area contributed by atoms with Crippen LogP contribution in [0.3, 0.4) is 0 Å². The highest BCUT2D eigenvalue weighted by atomic mass is 16.6. The Bertz CT molecular complexity index is 625. The number of aryl methyl sites for hydroxylation is 2. The normalized spacial score (nSPS) is 18.3. The Morgan fingerprint density at radius 2 is 2.23 bits per heavy atom. The Morgan fingerprint density at radius 1 is 1.55 bits per heavy atom. The van der Waals surface area contributed by atoms with Gasteiger partial charge < -0.3 is 14.7 Å². The van der Waals surface area contributed by atoms with Crippen LogP contribution in [0, 0.1) is 17.0 Å². The van der Waals surface area contributed by atoms with E-state index in [1.807, 2.05) is 0 Å². The molecule has 1 fully saturated rings. The van der Waals surface area contributed by atoms with Gasteiger partial charge in [-0.1, -0.05) is 0 Å². The molecule has 0 saturated carbocycles. The van der Waals surface area contributed by atoms with Gasteiger partial charge >= 0.3 is 11.7 Å². The van der Waals surface area contributed by atoms with Crippen molar-refractivity contribution in [2.24, 2.45) is 7.05 Å². The molecule has 1 unspecified atom stereocenters. The Kier molecular flexibility index (Phi) is 4.40. The van der Waals surface area contributed by atoms with Crippen molar-refractivity contribution in [1.82, 2.24) is 14.7 Å². The monoisotopic (exact) mass is 312 g/mol. The number of carbonyl (C=O) groups excluding carboxylic acids is 1. The Labute approximate surface area is 125 Å². The van der Waals surface area contributed by atoms with Crippen molar-refractivity contribution in [1.29, 1.82) is 0 Å². The van der Waals surface area contributed by atoms with Crippen molar-refractivity contribution in [2.45, 2.75) is 19.4 Å². The Hall–Kier alpha value is -2.49. The van der Waals surface area contributed by atoms with Crippen LogP contribution in [-0.4, -0.2) is 62.4 Å². The van der Waals surface area contributed by atoms with E-state index in [0.717, 1.165) is 4.68 Å². The number of nitrogens with zero attached hydrogens (tertiary/aromatic N) is 4. The van der Waals surface area contributed by atoms with E-state index in [0.29, 0.717) is 0 Å². The highest BCUT2D eigenvalue weighted by molar-refractivity contribution is 5.97. The lowest BCUT2D eigenvalue weighted by Crippen LogP contribution is -2.50. The van der Waals surface area contributed by atoms with Crippen LogP contribution in [0.25, 0.3) is 0 Å². The van der Waals surface area contributed by atoms with Gasteiger partial charge in [0.05, 0.1) is 30.6 Å². The molecule has 1 aliphatic heterocycles. The van der Waals surface area contributed by atoms with E-state index in [4.69, 9.17) is 9.84 Å². The van der Waals surface area contributed by atoms with Crippen LogP contribution in [0.5, 0.6) is 0 Å². The molecular weight excluding hydrogens is 296 g/mol. The van der Waals surface area contributed by atoms with Crippen molar-refractivity contribution < 1.29 is 24.4 Å². The average molecular weight is 312 g/mol. The van der Waals surface area contributed by atoms with E-state index < -0.39 is 22.8 Å². The summed E-state index contributed by atoms with van der Waals surface area (Å²) in [7, 11) is 1.44. The number of amides is 1. The van der Waals surface area contributed by atoms with E-state index in [2.05, 4.69) is 5.10 Å². The number of hydrogen-bond acceptors (Lipinski definition) is 6. The predicted molar refractivity (Wildman–Crippen MR) is 72.5 cm³/mol. The number of aromatic nitrogens is 2. The lowest BCUT2D eigenvalue weighted by atomic mass is 10.1. The smallest absolute Gasteiger partial charge is 0.322 e. The molecule has 0 bridgehead atoms. The number of morpholine rings is 1. The largest absolute Gasteiger partial charge is 0.481 e. The minimum atomic E-state index is -1.07. The molecule has 2 rings (SSSR count). The molecule has 0 spiro atoms. The third-order valence-electron chi connectivity index (χ3n) is 3.47. The molecular formula is C12H16N4O6. The van der Waals surface area contributed by atoms with Gasteiger partial charge in [0.1, 0.15) is 5.69 Å². The summed E-state index contributed by atoms with van der Waals surface area (Å²) in [5.74, 6) is -1.67. The van der Waals surface area contributed by atoms with E-state index >= 15 is 0 Å². The van der Waals surface area contributed by atoms with Crippen molar-refractivity contribution in [2.75, 3.05) is 19.8 Å². The van der Waals surface area contributed by atoms with Gasteiger partial charge in [0.2, 0.25) is 5.69 Å². The number of carboxylic acid groups (broad SMARTS) is 1. The molecule has 2 heterocycles. The van der Waals surface area contributed by atoms with Crippen LogP contribution in [-0.2, 0) is 16.6 Å². The third-order valence-corrected chi connectivity index (χ3v) is 3.47. The summed E-state index contributed by atoms with van der Waals surface area (Å²) >= 11 is 0. The highest BCUT2D eigenvalue weighted by Crippen LogP contribution is 2.25. The lowest BCUT2D eigenvalue weighted by Gasteiger charge is -2.34. The van der Waals surface area contributed by atoms with Gasteiger partial charge in [-0.25, -0.2) is 0 Å². The second kappa shape index (κ2) is 6.10. The summed E-state index contributed by atoms with van der Waals surface area (Å²) in [6, 6.07) is -0.659. The molecule has 10 heteroatoms. The first-order valence-corrected chi connectivity index (χ1v) is 6.61. The minimum Gasteiger partial charge on any atom is -0.481 e. The molecule has 120 valence electrons. The first kappa shape index (κ1) is 15.9. The molecule has 10 nitrogen and oxygen atoms in total. The van der Waals surface area contributed by atoms with Crippen LogP contribution in [0.1, 0.15) is 22.6 Å². The van der Waals surface area contributed by atoms with Gasteiger partial charge in [-0.2, -0.15) is 5.10 Å². The first-order valence-electron chi connectivity index (χ1n) is 6.61. The predicted octanol–water partition coefficient (Wildman–Crippen LogP) is -0.0476. The molecule has 0 aliphatic carbocycles. The summed E-state index contributed by atoms with van der Waals surface area (Å²) < 4.78 is 6.35. The van der Waals surface area contributed by atoms with Crippen LogP contribution < -0.4 is 0 Å². The number of rotatable bonds is 4.